The number of hydrogen-bond donors (Lipinski definition) is 1. The second-order valence-electron chi connectivity index (χ2n) is 8.89. The minimum atomic E-state index is -0.0950. The Bertz CT molecular complexity index is 1130. The zero-order valence-corrected chi connectivity index (χ0v) is 21.1. The molecule has 1 amide bonds. The molecule has 0 saturated carbocycles. The lowest BCUT2D eigenvalue weighted by Crippen LogP contribution is -2.38. The molecule has 0 unspecified atom stereocenters. The number of carbonyl (C=O) groups excluding carboxylic acids is 1. The van der Waals surface area contributed by atoms with E-state index in [1.165, 1.54) is 5.69 Å². The quantitative estimate of drug-likeness (QED) is 0.437. The van der Waals surface area contributed by atoms with Gasteiger partial charge in [0.25, 0.3) is 5.91 Å². The smallest absolute Gasteiger partial charge is 0.251 e. The van der Waals surface area contributed by atoms with Crippen LogP contribution in [0.3, 0.4) is 0 Å². The minimum Gasteiger partial charge on any atom is -0.493 e. The van der Waals surface area contributed by atoms with Crippen molar-refractivity contribution in [2.75, 3.05) is 38.3 Å². The van der Waals surface area contributed by atoms with Gasteiger partial charge in [-0.15, -0.1) is 0 Å². The number of carbonyl (C=O) groups is 1. The first kappa shape index (κ1) is 24.9. The fourth-order valence-electron chi connectivity index (χ4n) is 4.32. The SMILES string of the molecule is COc1ccc(C(=O)NCC2CCN(c3ccnc(C)c3)CC2)cc1OCCc1ccc(Cl)cc1. The average Bonchev–Trinajstić information content (AvgIpc) is 2.88. The molecule has 4 rings (SSSR count). The topological polar surface area (TPSA) is 63.7 Å². The summed E-state index contributed by atoms with van der Waals surface area (Å²) in [5.74, 6) is 1.54. The van der Waals surface area contributed by atoms with Gasteiger partial charge in [0.2, 0.25) is 0 Å². The van der Waals surface area contributed by atoms with Crippen molar-refractivity contribution in [3.8, 4) is 11.5 Å². The third-order valence-corrected chi connectivity index (χ3v) is 6.65. The number of piperidine rings is 1. The van der Waals surface area contributed by atoms with Gasteiger partial charge in [-0.2, -0.15) is 0 Å². The molecule has 0 atom stereocenters. The maximum absolute atomic E-state index is 12.9. The van der Waals surface area contributed by atoms with E-state index in [0.717, 1.165) is 43.6 Å². The molecule has 2 aromatic carbocycles. The Balaban J connectivity index is 1.27. The molecule has 1 saturated heterocycles. The lowest BCUT2D eigenvalue weighted by molar-refractivity contribution is 0.0944. The van der Waals surface area contributed by atoms with E-state index < -0.39 is 0 Å². The summed E-state index contributed by atoms with van der Waals surface area (Å²) in [6.45, 7) is 5.12. The summed E-state index contributed by atoms with van der Waals surface area (Å²) in [4.78, 5) is 19.5. The van der Waals surface area contributed by atoms with Crippen molar-refractivity contribution in [1.29, 1.82) is 0 Å². The van der Waals surface area contributed by atoms with Gasteiger partial charge >= 0.3 is 0 Å². The molecule has 0 bridgehead atoms. The molecule has 1 N–H and O–H groups in total. The number of nitrogens with zero attached hydrogens (tertiary/aromatic N) is 2. The van der Waals surface area contributed by atoms with E-state index in [4.69, 9.17) is 21.1 Å². The zero-order chi connectivity index (χ0) is 24.6. The van der Waals surface area contributed by atoms with E-state index in [2.05, 4.69) is 27.3 Å². The highest BCUT2D eigenvalue weighted by Gasteiger charge is 2.21. The molecular formula is C28H32ClN3O3. The first-order chi connectivity index (χ1) is 17.0. The fraction of sp³-hybridized carbons (Fsp3) is 0.357. The average molecular weight is 494 g/mol. The highest BCUT2D eigenvalue weighted by molar-refractivity contribution is 6.30. The summed E-state index contributed by atoms with van der Waals surface area (Å²) in [5, 5.41) is 3.82. The molecule has 3 aromatic rings. The first-order valence-corrected chi connectivity index (χ1v) is 12.4. The van der Waals surface area contributed by atoms with Crippen LogP contribution in [0.4, 0.5) is 5.69 Å². The lowest BCUT2D eigenvalue weighted by Gasteiger charge is -2.33. The number of anilines is 1. The number of aryl methyl sites for hydroxylation is 1. The van der Waals surface area contributed by atoms with Crippen LogP contribution in [0.2, 0.25) is 5.02 Å². The van der Waals surface area contributed by atoms with E-state index >= 15 is 0 Å². The molecule has 7 heteroatoms. The van der Waals surface area contributed by atoms with Crippen LogP contribution in [0.15, 0.2) is 60.8 Å². The number of pyridine rings is 1. The summed E-state index contributed by atoms with van der Waals surface area (Å²) >= 11 is 5.95. The Morgan fingerprint density at radius 2 is 1.86 bits per heavy atom. The second kappa shape index (κ2) is 11.9. The minimum absolute atomic E-state index is 0.0950. The largest absolute Gasteiger partial charge is 0.493 e. The van der Waals surface area contributed by atoms with Gasteiger partial charge < -0.3 is 19.7 Å². The van der Waals surface area contributed by atoms with Crippen LogP contribution < -0.4 is 19.7 Å². The third kappa shape index (κ3) is 6.89. The molecule has 1 aliphatic rings. The maximum Gasteiger partial charge on any atom is 0.251 e. The molecule has 1 aromatic heterocycles. The summed E-state index contributed by atoms with van der Waals surface area (Å²) in [6.07, 6.45) is 4.68. The van der Waals surface area contributed by atoms with Crippen molar-refractivity contribution < 1.29 is 14.3 Å². The number of halogens is 1. The van der Waals surface area contributed by atoms with Gasteiger partial charge in [0, 0.05) is 54.2 Å². The molecule has 184 valence electrons. The van der Waals surface area contributed by atoms with Crippen LogP contribution in [-0.2, 0) is 6.42 Å². The number of benzene rings is 2. The number of rotatable bonds is 9. The first-order valence-electron chi connectivity index (χ1n) is 12.0. The standard InChI is InChI=1S/C28H32ClN3O3/c1-20-17-25(9-13-30-20)32-14-10-22(11-15-32)19-31-28(33)23-5-8-26(34-2)27(18-23)35-16-12-21-3-6-24(29)7-4-21/h3-9,13,17-18,22H,10-12,14-16,19H2,1-2H3,(H,31,33). The lowest BCUT2D eigenvalue weighted by atomic mass is 9.96. The summed E-state index contributed by atoms with van der Waals surface area (Å²) < 4.78 is 11.4. The van der Waals surface area contributed by atoms with Gasteiger partial charge in [0.1, 0.15) is 0 Å². The van der Waals surface area contributed by atoms with E-state index in [0.29, 0.717) is 41.2 Å². The van der Waals surface area contributed by atoms with E-state index in [1.807, 2.05) is 37.4 Å². The molecule has 6 nitrogen and oxygen atoms in total. The molecule has 2 heterocycles. The van der Waals surface area contributed by atoms with E-state index in [9.17, 15) is 4.79 Å². The van der Waals surface area contributed by atoms with Crippen LogP contribution in [0, 0.1) is 12.8 Å². The molecular weight excluding hydrogens is 462 g/mol. The van der Waals surface area contributed by atoms with Gasteiger partial charge in [-0.1, -0.05) is 23.7 Å². The zero-order valence-electron chi connectivity index (χ0n) is 20.3. The predicted molar refractivity (Wildman–Crippen MR) is 140 cm³/mol. The summed E-state index contributed by atoms with van der Waals surface area (Å²) in [6, 6.07) is 17.2. The van der Waals surface area contributed by atoms with Crippen LogP contribution in [-0.4, -0.2) is 44.2 Å². The van der Waals surface area contributed by atoms with Crippen molar-refractivity contribution in [3.05, 3.63) is 82.6 Å². The molecule has 1 fully saturated rings. The Morgan fingerprint density at radius 1 is 1.09 bits per heavy atom. The van der Waals surface area contributed by atoms with Crippen LogP contribution in [0.25, 0.3) is 0 Å². The van der Waals surface area contributed by atoms with E-state index in [1.54, 1.807) is 25.3 Å². The highest BCUT2D eigenvalue weighted by atomic mass is 35.5. The van der Waals surface area contributed by atoms with Crippen LogP contribution in [0.1, 0.15) is 34.5 Å². The van der Waals surface area contributed by atoms with Crippen LogP contribution >= 0.6 is 11.6 Å². The van der Waals surface area contributed by atoms with Gasteiger partial charge in [-0.3, -0.25) is 9.78 Å². The number of ether oxygens (including phenoxy) is 2. The van der Waals surface area contributed by atoms with Gasteiger partial charge in [-0.25, -0.2) is 0 Å². The Morgan fingerprint density at radius 3 is 2.57 bits per heavy atom. The summed E-state index contributed by atoms with van der Waals surface area (Å²) in [5.41, 5.74) is 3.95. The Hall–Kier alpha value is -3.25. The van der Waals surface area contributed by atoms with Crippen molar-refractivity contribution in [2.45, 2.75) is 26.2 Å². The van der Waals surface area contributed by atoms with Crippen molar-refractivity contribution in [2.24, 2.45) is 5.92 Å². The highest BCUT2D eigenvalue weighted by Crippen LogP contribution is 2.29. The molecule has 35 heavy (non-hydrogen) atoms. The molecule has 0 radical (unpaired) electrons. The van der Waals surface area contributed by atoms with Crippen molar-refractivity contribution in [1.82, 2.24) is 10.3 Å². The monoisotopic (exact) mass is 493 g/mol. The fourth-order valence-corrected chi connectivity index (χ4v) is 4.45. The van der Waals surface area contributed by atoms with Crippen molar-refractivity contribution >= 4 is 23.2 Å². The normalized spacial score (nSPS) is 14.0. The molecule has 0 spiro atoms. The second-order valence-corrected chi connectivity index (χ2v) is 9.32. The molecule has 0 aliphatic carbocycles. The number of aromatic nitrogens is 1. The number of nitrogens with one attached hydrogen (secondary N) is 1. The third-order valence-electron chi connectivity index (χ3n) is 6.40. The van der Waals surface area contributed by atoms with E-state index in [-0.39, 0.29) is 5.91 Å². The number of amides is 1. The molecule has 1 aliphatic heterocycles. The van der Waals surface area contributed by atoms with Gasteiger partial charge in [0.15, 0.2) is 11.5 Å². The maximum atomic E-state index is 12.9. The predicted octanol–water partition coefficient (Wildman–Crippen LogP) is 5.32. The van der Waals surface area contributed by atoms with Crippen molar-refractivity contribution in [3.63, 3.8) is 0 Å². The van der Waals surface area contributed by atoms with Gasteiger partial charge in [0.05, 0.1) is 13.7 Å². The number of hydrogen-bond acceptors (Lipinski definition) is 5. The Kier molecular flexibility index (Phi) is 8.48. The van der Waals surface area contributed by atoms with Crippen LogP contribution in [0.5, 0.6) is 11.5 Å². The number of methoxy groups -OCH3 is 1. The Labute approximate surface area is 212 Å². The summed E-state index contributed by atoms with van der Waals surface area (Å²) in [7, 11) is 1.60. The van der Waals surface area contributed by atoms with Gasteiger partial charge in [-0.05, 0) is 73.7 Å².